The zero-order valence-corrected chi connectivity index (χ0v) is 19.7. The van der Waals surface area contributed by atoms with E-state index in [2.05, 4.69) is 36.1 Å². The summed E-state index contributed by atoms with van der Waals surface area (Å²) >= 11 is 1.68. The molecular weight excluding hydrogens is 434 g/mol. The van der Waals surface area contributed by atoms with Crippen LogP contribution in [0.5, 0.6) is 5.75 Å². The number of amides is 1. The molecule has 0 saturated carbocycles. The van der Waals surface area contributed by atoms with Gasteiger partial charge in [0.15, 0.2) is 17.4 Å². The van der Waals surface area contributed by atoms with Crippen molar-refractivity contribution in [3.05, 3.63) is 65.9 Å². The number of benzene rings is 2. The van der Waals surface area contributed by atoms with Gasteiger partial charge >= 0.3 is 0 Å². The Labute approximate surface area is 197 Å². The molecule has 0 bridgehead atoms. The Morgan fingerprint density at radius 2 is 1.79 bits per heavy atom. The molecule has 1 saturated heterocycles. The van der Waals surface area contributed by atoms with Crippen LogP contribution in [0.3, 0.4) is 0 Å². The van der Waals surface area contributed by atoms with Gasteiger partial charge in [-0.3, -0.25) is 4.79 Å². The fraction of sp³-hybridized carbons (Fsp3) is 0.320. The summed E-state index contributed by atoms with van der Waals surface area (Å²) < 4.78 is 8.69. The normalized spacial score (nSPS) is 14.5. The predicted molar refractivity (Wildman–Crippen MR) is 132 cm³/mol. The van der Waals surface area contributed by atoms with Gasteiger partial charge in [-0.15, -0.1) is 0 Å². The summed E-state index contributed by atoms with van der Waals surface area (Å²) in [5.41, 5.74) is 4.11. The Kier molecular flexibility index (Phi) is 6.00. The first kappa shape index (κ1) is 21.5. The van der Waals surface area contributed by atoms with Crippen LogP contribution in [0.2, 0.25) is 0 Å². The Hall–Kier alpha value is -3.39. The molecule has 0 aliphatic carbocycles. The van der Waals surface area contributed by atoms with Gasteiger partial charge in [0.05, 0.1) is 16.1 Å². The van der Waals surface area contributed by atoms with Crippen LogP contribution in [0.1, 0.15) is 17.7 Å². The summed E-state index contributed by atoms with van der Waals surface area (Å²) in [6.07, 6.45) is 0.899. The first-order valence-electron chi connectivity index (χ1n) is 11.2. The minimum Gasteiger partial charge on any atom is -0.484 e. The highest BCUT2D eigenvalue weighted by molar-refractivity contribution is 7.22. The van der Waals surface area contributed by atoms with Gasteiger partial charge in [0, 0.05) is 26.2 Å². The first-order valence-corrected chi connectivity index (χ1v) is 12.0. The van der Waals surface area contributed by atoms with Crippen molar-refractivity contribution in [3.8, 4) is 11.4 Å². The van der Waals surface area contributed by atoms with E-state index in [0.29, 0.717) is 6.54 Å². The van der Waals surface area contributed by atoms with E-state index in [1.807, 2.05) is 46.8 Å². The van der Waals surface area contributed by atoms with Crippen LogP contribution in [0.4, 0.5) is 5.13 Å². The molecule has 8 heteroatoms. The number of aryl methyl sites for hydroxylation is 2. The highest BCUT2D eigenvalue weighted by Crippen LogP contribution is 2.33. The average molecular weight is 462 g/mol. The van der Waals surface area contributed by atoms with Crippen LogP contribution in [0.25, 0.3) is 16.0 Å². The lowest BCUT2D eigenvalue weighted by molar-refractivity contribution is -0.133. The lowest BCUT2D eigenvalue weighted by atomic mass is 10.2. The Morgan fingerprint density at radius 1 is 1.00 bits per heavy atom. The standard InChI is InChI=1S/C25H27N5O2S/c1-18-9-11-20(12-10-18)30-24-23(19(2)27-30)33-25(26-24)29-14-6-13-28(15-16-29)22(31)17-32-21-7-4-3-5-8-21/h3-5,7-12H,6,13-17H2,1-2H3. The minimum absolute atomic E-state index is 0.0239. The van der Waals surface area contributed by atoms with E-state index in [4.69, 9.17) is 14.8 Å². The van der Waals surface area contributed by atoms with E-state index in [-0.39, 0.29) is 12.5 Å². The van der Waals surface area contributed by atoms with Crippen molar-refractivity contribution < 1.29 is 9.53 Å². The van der Waals surface area contributed by atoms with Gasteiger partial charge < -0.3 is 14.5 Å². The van der Waals surface area contributed by atoms with Crippen molar-refractivity contribution in [2.24, 2.45) is 0 Å². The van der Waals surface area contributed by atoms with Gasteiger partial charge in [-0.05, 0) is 44.5 Å². The number of rotatable bonds is 5. The smallest absolute Gasteiger partial charge is 0.260 e. The maximum Gasteiger partial charge on any atom is 0.260 e. The topological polar surface area (TPSA) is 63.5 Å². The number of nitrogens with zero attached hydrogens (tertiary/aromatic N) is 5. The maximum atomic E-state index is 12.7. The molecule has 1 aliphatic rings. The van der Waals surface area contributed by atoms with E-state index in [9.17, 15) is 4.79 Å². The van der Waals surface area contributed by atoms with Gasteiger partial charge in [0.2, 0.25) is 0 Å². The van der Waals surface area contributed by atoms with Gasteiger partial charge in [-0.1, -0.05) is 47.2 Å². The van der Waals surface area contributed by atoms with Gasteiger partial charge in [-0.25, -0.2) is 4.68 Å². The molecule has 0 spiro atoms. The molecular formula is C25H27N5O2S. The number of aromatic nitrogens is 3. The third kappa shape index (κ3) is 4.57. The number of carbonyl (C=O) groups is 1. The van der Waals surface area contributed by atoms with Crippen LogP contribution in [-0.4, -0.2) is 58.4 Å². The third-order valence-electron chi connectivity index (χ3n) is 5.88. The van der Waals surface area contributed by atoms with E-state index >= 15 is 0 Å². The quantitative estimate of drug-likeness (QED) is 0.445. The molecule has 33 heavy (non-hydrogen) atoms. The number of fused-ring (bicyclic) bond motifs is 1. The van der Waals surface area contributed by atoms with Crippen molar-refractivity contribution >= 4 is 32.7 Å². The minimum atomic E-state index is 0.0239. The van der Waals surface area contributed by atoms with Crippen molar-refractivity contribution in [3.63, 3.8) is 0 Å². The summed E-state index contributed by atoms with van der Waals surface area (Å²) in [7, 11) is 0. The Balaban J connectivity index is 1.28. The van der Waals surface area contributed by atoms with Gasteiger partial charge in [0.25, 0.3) is 5.91 Å². The molecule has 1 amide bonds. The second-order valence-electron chi connectivity index (χ2n) is 8.31. The van der Waals surface area contributed by atoms with E-state index in [1.54, 1.807) is 11.3 Å². The molecule has 0 atom stereocenters. The van der Waals surface area contributed by atoms with Crippen LogP contribution in [0, 0.1) is 13.8 Å². The zero-order valence-electron chi connectivity index (χ0n) is 18.9. The molecule has 0 N–H and O–H groups in total. The maximum absolute atomic E-state index is 12.7. The van der Waals surface area contributed by atoms with E-state index < -0.39 is 0 Å². The number of para-hydroxylation sites is 1. The Bertz CT molecular complexity index is 1250. The second kappa shape index (κ2) is 9.23. The highest BCUT2D eigenvalue weighted by Gasteiger charge is 2.23. The van der Waals surface area contributed by atoms with Crippen LogP contribution in [-0.2, 0) is 4.79 Å². The fourth-order valence-corrected chi connectivity index (χ4v) is 5.07. The monoisotopic (exact) mass is 461 g/mol. The van der Waals surface area contributed by atoms with E-state index in [0.717, 1.165) is 58.7 Å². The summed E-state index contributed by atoms with van der Waals surface area (Å²) in [6, 6.07) is 17.8. The molecule has 0 unspecified atom stereocenters. The molecule has 0 radical (unpaired) electrons. The van der Waals surface area contributed by atoms with E-state index in [1.165, 1.54) is 5.56 Å². The van der Waals surface area contributed by atoms with Gasteiger partial charge in [-0.2, -0.15) is 10.1 Å². The molecule has 1 fully saturated rings. The van der Waals surface area contributed by atoms with Gasteiger partial charge in [0.1, 0.15) is 5.75 Å². The first-order chi connectivity index (χ1) is 16.1. The second-order valence-corrected chi connectivity index (χ2v) is 9.28. The summed E-state index contributed by atoms with van der Waals surface area (Å²) in [5, 5.41) is 5.70. The SMILES string of the molecule is Cc1ccc(-n2nc(C)c3sc(N4CCCN(C(=O)COc5ccccc5)CC4)nc32)cc1. The molecule has 1 aliphatic heterocycles. The number of ether oxygens (including phenoxy) is 1. The van der Waals surface area contributed by atoms with Crippen molar-refractivity contribution in [2.45, 2.75) is 20.3 Å². The summed E-state index contributed by atoms with van der Waals surface area (Å²) in [6.45, 7) is 7.20. The molecule has 170 valence electrons. The summed E-state index contributed by atoms with van der Waals surface area (Å²) in [4.78, 5) is 21.8. The summed E-state index contributed by atoms with van der Waals surface area (Å²) in [5.74, 6) is 0.741. The lowest BCUT2D eigenvalue weighted by Gasteiger charge is -2.21. The van der Waals surface area contributed by atoms with Crippen LogP contribution in [0.15, 0.2) is 54.6 Å². The molecule has 2 aromatic carbocycles. The van der Waals surface area contributed by atoms with Crippen molar-refractivity contribution in [2.75, 3.05) is 37.7 Å². The van der Waals surface area contributed by atoms with Crippen LogP contribution < -0.4 is 9.64 Å². The largest absolute Gasteiger partial charge is 0.484 e. The molecule has 4 aromatic rings. The van der Waals surface area contributed by atoms with Crippen molar-refractivity contribution in [1.82, 2.24) is 19.7 Å². The predicted octanol–water partition coefficient (Wildman–Crippen LogP) is 4.22. The molecule has 3 heterocycles. The van der Waals surface area contributed by atoms with Crippen LogP contribution >= 0.6 is 11.3 Å². The fourth-order valence-electron chi connectivity index (χ4n) is 4.04. The number of hydrogen-bond donors (Lipinski definition) is 0. The molecule has 5 rings (SSSR count). The zero-order chi connectivity index (χ0) is 22.8. The Morgan fingerprint density at radius 3 is 2.58 bits per heavy atom. The van der Waals surface area contributed by atoms with Crippen molar-refractivity contribution in [1.29, 1.82) is 0 Å². The average Bonchev–Trinajstić information content (AvgIpc) is 3.29. The number of thiazole rings is 1. The number of anilines is 1. The molecule has 2 aromatic heterocycles. The number of carbonyl (C=O) groups excluding carboxylic acids is 1. The molecule has 7 nitrogen and oxygen atoms in total. The number of hydrogen-bond acceptors (Lipinski definition) is 6. The lowest BCUT2D eigenvalue weighted by Crippen LogP contribution is -2.38. The highest BCUT2D eigenvalue weighted by atomic mass is 32.1. The third-order valence-corrected chi connectivity index (χ3v) is 7.09.